The number of ether oxygens (including phenoxy) is 2. The fourth-order valence-electron chi connectivity index (χ4n) is 5.22. The molecule has 0 bridgehead atoms. The van der Waals surface area contributed by atoms with Gasteiger partial charge in [0, 0.05) is 25.4 Å². The number of nitrogens with one attached hydrogen (secondary N) is 2. The molecule has 4 aromatic rings. The molecule has 3 aromatic carbocycles. The number of benzene rings is 3. The quantitative estimate of drug-likeness (QED) is 0.267. The van der Waals surface area contributed by atoms with E-state index in [2.05, 4.69) is 15.3 Å². The van der Waals surface area contributed by atoms with Crippen molar-refractivity contribution in [1.82, 2.24) is 15.3 Å². The zero-order valence-electron chi connectivity index (χ0n) is 23.0. The van der Waals surface area contributed by atoms with E-state index in [9.17, 15) is 9.59 Å². The highest BCUT2D eigenvalue weighted by Crippen LogP contribution is 2.28. The van der Waals surface area contributed by atoms with Crippen molar-refractivity contribution in [3.8, 4) is 11.1 Å². The molecule has 1 aliphatic rings. The van der Waals surface area contributed by atoms with Gasteiger partial charge in [0.25, 0.3) is 0 Å². The molecule has 1 fully saturated rings. The van der Waals surface area contributed by atoms with Crippen LogP contribution in [0.3, 0.4) is 0 Å². The van der Waals surface area contributed by atoms with Gasteiger partial charge >= 0.3 is 6.09 Å². The summed E-state index contributed by atoms with van der Waals surface area (Å²) in [6.07, 6.45) is 4.50. The molecule has 9 nitrogen and oxygen atoms in total. The molecule has 41 heavy (non-hydrogen) atoms. The van der Waals surface area contributed by atoms with E-state index < -0.39 is 18.0 Å². The average Bonchev–Trinajstić information content (AvgIpc) is 3.56. The van der Waals surface area contributed by atoms with E-state index >= 15 is 0 Å². The first-order chi connectivity index (χ1) is 20.0. The maximum absolute atomic E-state index is 13.1. The standard InChI is InChI=1S/C32H35N5O4/c1-40-32(39)37(29(30(33)38)19-22-11-13-24(14-12-22)23-7-3-2-4-8-23)28-10-6-5-9-25(28)15-16-26-20-36-27(21-41-26)31-34-17-18-35-31/h2-14,17-18,26-27,29,36H,15-16,19-21H2,1H3,(H2,33,38)(H,34,35)/t26-,27+,29+/m1/s1. The summed E-state index contributed by atoms with van der Waals surface area (Å²) in [5.74, 6) is 0.246. The van der Waals surface area contributed by atoms with Crippen molar-refractivity contribution in [2.45, 2.75) is 37.5 Å². The number of primary amides is 1. The minimum Gasteiger partial charge on any atom is -0.452 e. The molecule has 1 aromatic heterocycles. The molecule has 1 aliphatic heterocycles. The second-order valence-electron chi connectivity index (χ2n) is 10.1. The van der Waals surface area contributed by atoms with Gasteiger partial charge in [-0.3, -0.25) is 9.69 Å². The monoisotopic (exact) mass is 553 g/mol. The Labute approximate surface area is 239 Å². The van der Waals surface area contributed by atoms with Crippen LogP contribution < -0.4 is 16.0 Å². The number of morpholine rings is 1. The smallest absolute Gasteiger partial charge is 0.414 e. The highest BCUT2D eigenvalue weighted by Gasteiger charge is 2.32. The van der Waals surface area contributed by atoms with Crippen LogP contribution in [-0.4, -0.2) is 54.4 Å². The Bertz CT molecular complexity index is 1420. The minimum absolute atomic E-state index is 0.00379. The van der Waals surface area contributed by atoms with E-state index in [1.54, 1.807) is 12.4 Å². The summed E-state index contributed by atoms with van der Waals surface area (Å²) < 4.78 is 11.3. The Kier molecular flexibility index (Phi) is 9.08. The van der Waals surface area contributed by atoms with Crippen molar-refractivity contribution < 1.29 is 19.1 Å². The Morgan fingerprint density at radius 1 is 1.05 bits per heavy atom. The van der Waals surface area contributed by atoms with Gasteiger partial charge in [-0.25, -0.2) is 9.78 Å². The molecule has 3 atom stereocenters. The first-order valence-corrected chi connectivity index (χ1v) is 13.8. The number of aryl methyl sites for hydroxylation is 1. The molecule has 2 heterocycles. The Balaban J connectivity index is 1.31. The number of imidazole rings is 1. The van der Waals surface area contributed by atoms with Gasteiger partial charge in [-0.2, -0.15) is 0 Å². The van der Waals surface area contributed by atoms with Crippen LogP contribution in [0.1, 0.15) is 29.4 Å². The number of aromatic amines is 1. The van der Waals surface area contributed by atoms with Crippen LogP contribution in [0.5, 0.6) is 0 Å². The number of nitrogens with two attached hydrogens (primary N) is 1. The number of carbonyl (C=O) groups excluding carboxylic acids is 2. The SMILES string of the molecule is COC(=O)N(c1ccccc1CC[C@@H]1CN[C@H](c2ncc[nH]2)CO1)[C@@H](Cc1ccc(-c2ccccc2)cc1)C(N)=O. The normalized spacial score (nSPS) is 17.5. The summed E-state index contributed by atoms with van der Waals surface area (Å²) in [5.41, 5.74) is 10.5. The Morgan fingerprint density at radius 2 is 1.78 bits per heavy atom. The third kappa shape index (κ3) is 6.82. The van der Waals surface area contributed by atoms with E-state index in [-0.39, 0.29) is 18.6 Å². The number of hydrogen-bond donors (Lipinski definition) is 3. The molecule has 0 radical (unpaired) electrons. The largest absolute Gasteiger partial charge is 0.452 e. The predicted octanol–water partition coefficient (Wildman–Crippen LogP) is 4.41. The summed E-state index contributed by atoms with van der Waals surface area (Å²) in [4.78, 5) is 34.8. The zero-order valence-corrected chi connectivity index (χ0v) is 23.0. The Morgan fingerprint density at radius 3 is 2.44 bits per heavy atom. The molecule has 1 saturated heterocycles. The maximum Gasteiger partial charge on any atom is 0.414 e. The van der Waals surface area contributed by atoms with Crippen LogP contribution in [0, 0.1) is 0 Å². The van der Waals surface area contributed by atoms with Crippen molar-refractivity contribution in [2.75, 3.05) is 25.2 Å². The van der Waals surface area contributed by atoms with Crippen molar-refractivity contribution in [1.29, 1.82) is 0 Å². The Hall–Kier alpha value is -4.47. The van der Waals surface area contributed by atoms with Crippen LogP contribution in [0.4, 0.5) is 10.5 Å². The molecule has 4 N–H and O–H groups in total. The van der Waals surface area contributed by atoms with E-state index in [1.165, 1.54) is 12.0 Å². The van der Waals surface area contributed by atoms with Crippen LogP contribution in [0.15, 0.2) is 91.3 Å². The molecule has 0 spiro atoms. The van der Waals surface area contributed by atoms with E-state index in [4.69, 9.17) is 15.2 Å². The van der Waals surface area contributed by atoms with Crippen molar-refractivity contribution in [3.05, 3.63) is 108 Å². The van der Waals surface area contributed by atoms with E-state index in [1.807, 2.05) is 78.9 Å². The van der Waals surface area contributed by atoms with Crippen LogP contribution in [0.2, 0.25) is 0 Å². The molecule has 0 saturated carbocycles. The fourth-order valence-corrected chi connectivity index (χ4v) is 5.22. The van der Waals surface area contributed by atoms with Gasteiger partial charge in [0.15, 0.2) is 0 Å². The van der Waals surface area contributed by atoms with Gasteiger partial charge in [0.2, 0.25) is 5.91 Å². The number of H-pyrrole nitrogens is 1. The third-order valence-electron chi connectivity index (χ3n) is 7.43. The number of anilines is 1. The van der Waals surface area contributed by atoms with Crippen LogP contribution >= 0.6 is 0 Å². The number of methoxy groups -OCH3 is 1. The van der Waals surface area contributed by atoms with Crippen LogP contribution in [-0.2, 0) is 27.1 Å². The zero-order chi connectivity index (χ0) is 28.6. The number of rotatable bonds is 10. The lowest BCUT2D eigenvalue weighted by Gasteiger charge is -2.31. The van der Waals surface area contributed by atoms with Gasteiger partial charge in [-0.1, -0.05) is 72.8 Å². The number of amides is 2. The summed E-state index contributed by atoms with van der Waals surface area (Å²) in [7, 11) is 1.31. The summed E-state index contributed by atoms with van der Waals surface area (Å²) >= 11 is 0. The van der Waals surface area contributed by atoms with Crippen molar-refractivity contribution in [2.24, 2.45) is 5.73 Å². The third-order valence-corrected chi connectivity index (χ3v) is 7.43. The second-order valence-corrected chi connectivity index (χ2v) is 10.1. The number of para-hydroxylation sites is 1. The number of aromatic nitrogens is 2. The lowest BCUT2D eigenvalue weighted by atomic mass is 9.98. The topological polar surface area (TPSA) is 123 Å². The molecule has 2 amide bonds. The van der Waals surface area contributed by atoms with E-state index in [0.29, 0.717) is 25.3 Å². The summed E-state index contributed by atoms with van der Waals surface area (Å²) in [6, 6.07) is 24.6. The molecular formula is C32H35N5O4. The number of hydrogen-bond acceptors (Lipinski definition) is 6. The highest BCUT2D eigenvalue weighted by atomic mass is 16.5. The molecule has 0 aliphatic carbocycles. The highest BCUT2D eigenvalue weighted by molar-refractivity contribution is 5.97. The fraction of sp³-hybridized carbons (Fsp3) is 0.281. The number of carbonyl (C=O) groups is 2. The lowest BCUT2D eigenvalue weighted by molar-refractivity contribution is -0.119. The maximum atomic E-state index is 13.1. The molecule has 9 heteroatoms. The van der Waals surface area contributed by atoms with Crippen molar-refractivity contribution in [3.63, 3.8) is 0 Å². The lowest BCUT2D eigenvalue weighted by Crippen LogP contribution is -2.50. The van der Waals surface area contributed by atoms with Gasteiger partial charge in [0.05, 0.1) is 31.5 Å². The minimum atomic E-state index is -0.937. The number of nitrogens with zero attached hydrogens (tertiary/aromatic N) is 2. The first-order valence-electron chi connectivity index (χ1n) is 13.8. The molecule has 0 unspecified atom stereocenters. The average molecular weight is 554 g/mol. The van der Waals surface area contributed by atoms with Gasteiger partial charge in [-0.15, -0.1) is 0 Å². The van der Waals surface area contributed by atoms with Crippen LogP contribution in [0.25, 0.3) is 11.1 Å². The van der Waals surface area contributed by atoms with Gasteiger partial charge < -0.3 is 25.5 Å². The summed E-state index contributed by atoms with van der Waals surface area (Å²) in [6.45, 7) is 1.19. The molecule has 212 valence electrons. The second kappa shape index (κ2) is 13.3. The van der Waals surface area contributed by atoms with Gasteiger partial charge in [0.1, 0.15) is 11.9 Å². The van der Waals surface area contributed by atoms with Crippen molar-refractivity contribution >= 4 is 17.7 Å². The first kappa shape index (κ1) is 28.1. The van der Waals surface area contributed by atoms with Gasteiger partial charge in [-0.05, 0) is 41.2 Å². The summed E-state index contributed by atoms with van der Waals surface area (Å²) in [5, 5.41) is 3.48. The molecule has 5 rings (SSSR count). The molecular weight excluding hydrogens is 518 g/mol. The predicted molar refractivity (Wildman–Crippen MR) is 157 cm³/mol. The van der Waals surface area contributed by atoms with E-state index in [0.717, 1.165) is 34.5 Å².